The van der Waals surface area contributed by atoms with Gasteiger partial charge in [0.25, 0.3) is 5.91 Å². The van der Waals surface area contributed by atoms with Crippen LogP contribution in [0.15, 0.2) is 54.9 Å². The van der Waals surface area contributed by atoms with Crippen molar-refractivity contribution in [2.24, 2.45) is 0 Å². The molecule has 2 aromatic rings. The van der Waals surface area contributed by atoms with Crippen molar-refractivity contribution in [2.45, 2.75) is 24.9 Å². The Morgan fingerprint density at radius 1 is 1.09 bits per heavy atom. The zero-order valence-corrected chi connectivity index (χ0v) is 19.9. The normalized spacial score (nSPS) is 18.4. The molecule has 4 rings (SSSR count). The summed E-state index contributed by atoms with van der Waals surface area (Å²) in [7, 11) is 3.28. The maximum Gasteiger partial charge on any atom is 0.328 e. The molecule has 0 N–H and O–H groups in total. The average molecular weight is 465 g/mol. The second kappa shape index (κ2) is 10.8. The van der Waals surface area contributed by atoms with Gasteiger partial charge < -0.3 is 14.4 Å². The Hall–Kier alpha value is -3.23. The zero-order valence-electron chi connectivity index (χ0n) is 19.9. The van der Waals surface area contributed by atoms with Gasteiger partial charge in [-0.05, 0) is 30.5 Å². The molecule has 2 aliphatic rings. The Labute approximate surface area is 200 Å². The quantitative estimate of drug-likeness (QED) is 0.531. The molecule has 3 heterocycles. The van der Waals surface area contributed by atoms with Gasteiger partial charge in [0.15, 0.2) is 0 Å². The number of methoxy groups -OCH3 is 2. The molecule has 0 unspecified atom stereocenters. The maximum absolute atomic E-state index is 13.6. The molecule has 1 aromatic heterocycles. The molecule has 180 valence electrons. The number of pyridine rings is 1. The largest absolute Gasteiger partial charge is 0.496 e. The molecular formula is C26H32N4O4. The van der Waals surface area contributed by atoms with Crippen LogP contribution in [0.25, 0.3) is 6.08 Å². The number of carbonyl (C=O) groups is 2. The molecule has 0 radical (unpaired) electrons. The van der Waals surface area contributed by atoms with Gasteiger partial charge in [0, 0.05) is 51.2 Å². The number of likely N-dealkylation sites (tertiary alicyclic amines) is 1. The Balaban J connectivity index is 1.44. The van der Waals surface area contributed by atoms with Crippen LogP contribution in [0.4, 0.5) is 4.79 Å². The number of benzene rings is 1. The van der Waals surface area contributed by atoms with Crippen molar-refractivity contribution in [1.82, 2.24) is 19.7 Å². The fourth-order valence-electron chi connectivity index (χ4n) is 4.81. The number of carbonyl (C=O) groups excluding carboxylic acids is 2. The zero-order chi connectivity index (χ0) is 24.0. The van der Waals surface area contributed by atoms with Crippen molar-refractivity contribution < 1.29 is 19.1 Å². The first-order valence-corrected chi connectivity index (χ1v) is 11.6. The summed E-state index contributed by atoms with van der Waals surface area (Å²) >= 11 is 0. The molecule has 0 atom stereocenters. The van der Waals surface area contributed by atoms with Gasteiger partial charge in [0.1, 0.15) is 11.3 Å². The Morgan fingerprint density at radius 3 is 2.59 bits per heavy atom. The summed E-state index contributed by atoms with van der Waals surface area (Å²) in [5.74, 6) is 0.732. The second-order valence-corrected chi connectivity index (χ2v) is 8.66. The van der Waals surface area contributed by atoms with E-state index in [4.69, 9.17) is 9.47 Å². The molecule has 8 nitrogen and oxygen atoms in total. The molecule has 1 spiro atoms. The van der Waals surface area contributed by atoms with E-state index in [0.29, 0.717) is 26.0 Å². The summed E-state index contributed by atoms with van der Waals surface area (Å²) in [5, 5.41) is 0. The standard InChI is InChI=1S/C26H32N4O4/c1-33-18-17-30-25(32)29(20-21-7-5-13-27-19-21)24(31)26(30)11-15-28(16-12-26)14-6-9-22-8-3-4-10-23(22)34-2/h3-10,13,19H,11-12,14-18,20H2,1-2H3. The first-order valence-electron chi connectivity index (χ1n) is 11.6. The number of nitrogens with zero attached hydrogens (tertiary/aromatic N) is 4. The molecular weight excluding hydrogens is 432 g/mol. The Morgan fingerprint density at radius 2 is 1.88 bits per heavy atom. The van der Waals surface area contributed by atoms with Crippen LogP contribution >= 0.6 is 0 Å². The van der Waals surface area contributed by atoms with Crippen molar-refractivity contribution >= 4 is 18.0 Å². The van der Waals surface area contributed by atoms with Gasteiger partial charge in [0.2, 0.25) is 0 Å². The predicted molar refractivity (Wildman–Crippen MR) is 129 cm³/mol. The molecule has 3 amide bonds. The summed E-state index contributed by atoms with van der Waals surface area (Å²) < 4.78 is 10.7. The SMILES string of the molecule is COCCN1C(=O)N(Cc2cccnc2)C(=O)C12CCN(CC=Cc1ccccc1OC)CC2. The van der Waals surface area contributed by atoms with E-state index in [0.717, 1.165) is 36.5 Å². The van der Waals surface area contributed by atoms with E-state index >= 15 is 0 Å². The number of para-hydroxylation sites is 1. The third kappa shape index (κ3) is 4.83. The van der Waals surface area contributed by atoms with Crippen LogP contribution in [-0.2, 0) is 16.1 Å². The minimum absolute atomic E-state index is 0.110. The first-order chi connectivity index (χ1) is 16.6. The van der Waals surface area contributed by atoms with E-state index in [-0.39, 0.29) is 18.5 Å². The maximum atomic E-state index is 13.6. The number of hydrogen-bond donors (Lipinski definition) is 0. The van der Waals surface area contributed by atoms with E-state index in [1.54, 1.807) is 31.5 Å². The lowest BCUT2D eigenvalue weighted by molar-refractivity contribution is -0.136. The topological polar surface area (TPSA) is 75.2 Å². The van der Waals surface area contributed by atoms with E-state index in [2.05, 4.69) is 22.0 Å². The number of urea groups is 1. The number of ether oxygens (including phenoxy) is 2. The predicted octanol–water partition coefficient (Wildman–Crippen LogP) is 3.05. The van der Waals surface area contributed by atoms with E-state index in [9.17, 15) is 9.59 Å². The van der Waals surface area contributed by atoms with Gasteiger partial charge in [-0.1, -0.05) is 36.4 Å². The van der Waals surface area contributed by atoms with Gasteiger partial charge in [-0.2, -0.15) is 0 Å². The number of piperidine rings is 1. The van der Waals surface area contributed by atoms with Crippen LogP contribution in [0.1, 0.15) is 24.0 Å². The van der Waals surface area contributed by atoms with Crippen LogP contribution in [0, 0.1) is 0 Å². The number of imide groups is 1. The first kappa shape index (κ1) is 23.9. The molecule has 0 bridgehead atoms. The molecule has 34 heavy (non-hydrogen) atoms. The molecule has 1 aromatic carbocycles. The van der Waals surface area contributed by atoms with Gasteiger partial charge >= 0.3 is 6.03 Å². The Kier molecular flexibility index (Phi) is 7.59. The summed E-state index contributed by atoms with van der Waals surface area (Å²) in [6.07, 6.45) is 8.77. The molecule has 2 aliphatic heterocycles. The lowest BCUT2D eigenvalue weighted by atomic mass is 9.85. The Bertz CT molecular complexity index is 1020. The number of aromatic nitrogens is 1. The molecule has 0 aliphatic carbocycles. The van der Waals surface area contributed by atoms with Crippen molar-refractivity contribution in [2.75, 3.05) is 47.0 Å². The van der Waals surface area contributed by atoms with E-state index in [1.165, 1.54) is 4.90 Å². The van der Waals surface area contributed by atoms with Gasteiger partial charge in [0.05, 0.1) is 20.3 Å². The smallest absolute Gasteiger partial charge is 0.328 e. The van der Waals surface area contributed by atoms with Crippen molar-refractivity contribution in [1.29, 1.82) is 0 Å². The van der Waals surface area contributed by atoms with Crippen LogP contribution in [0.2, 0.25) is 0 Å². The minimum atomic E-state index is -0.805. The second-order valence-electron chi connectivity index (χ2n) is 8.66. The fourth-order valence-corrected chi connectivity index (χ4v) is 4.81. The summed E-state index contributed by atoms with van der Waals surface area (Å²) in [6.45, 7) is 3.28. The van der Waals surface area contributed by atoms with Crippen LogP contribution in [0.5, 0.6) is 5.75 Å². The molecule has 2 fully saturated rings. The summed E-state index contributed by atoms with van der Waals surface area (Å²) in [5.41, 5.74) is 1.07. The van der Waals surface area contributed by atoms with Crippen LogP contribution < -0.4 is 4.74 Å². The van der Waals surface area contributed by atoms with Crippen molar-refractivity contribution in [3.8, 4) is 5.75 Å². The summed E-state index contributed by atoms with van der Waals surface area (Å²) in [6, 6.07) is 11.4. The molecule has 2 saturated heterocycles. The van der Waals surface area contributed by atoms with E-state index < -0.39 is 5.54 Å². The van der Waals surface area contributed by atoms with E-state index in [1.807, 2.05) is 36.4 Å². The van der Waals surface area contributed by atoms with Crippen LogP contribution in [0.3, 0.4) is 0 Å². The minimum Gasteiger partial charge on any atom is -0.496 e. The number of amides is 3. The third-order valence-corrected chi connectivity index (χ3v) is 6.69. The lowest BCUT2D eigenvalue weighted by Crippen LogP contribution is -2.57. The summed E-state index contributed by atoms with van der Waals surface area (Å²) in [4.78, 5) is 36.4. The number of hydrogen-bond acceptors (Lipinski definition) is 6. The van der Waals surface area contributed by atoms with Gasteiger partial charge in [-0.15, -0.1) is 0 Å². The third-order valence-electron chi connectivity index (χ3n) is 6.69. The molecule has 8 heteroatoms. The monoisotopic (exact) mass is 464 g/mol. The average Bonchev–Trinajstić information content (AvgIpc) is 3.06. The highest BCUT2D eigenvalue weighted by atomic mass is 16.5. The van der Waals surface area contributed by atoms with Crippen molar-refractivity contribution in [3.63, 3.8) is 0 Å². The highest BCUT2D eigenvalue weighted by molar-refractivity contribution is 6.07. The highest BCUT2D eigenvalue weighted by Crippen LogP contribution is 2.38. The fraction of sp³-hybridized carbons (Fsp3) is 0.423. The number of rotatable bonds is 9. The van der Waals surface area contributed by atoms with Gasteiger partial charge in [-0.25, -0.2) is 4.79 Å². The lowest BCUT2D eigenvalue weighted by Gasteiger charge is -2.42. The van der Waals surface area contributed by atoms with Gasteiger partial charge in [-0.3, -0.25) is 19.6 Å². The molecule has 0 saturated carbocycles. The van der Waals surface area contributed by atoms with Crippen molar-refractivity contribution in [3.05, 3.63) is 66.0 Å². The highest BCUT2D eigenvalue weighted by Gasteiger charge is 2.57. The van der Waals surface area contributed by atoms with Crippen LogP contribution in [-0.4, -0.2) is 84.2 Å².